The molecule has 1 atom stereocenters. The van der Waals surface area contributed by atoms with Crippen molar-refractivity contribution in [3.8, 4) is 5.75 Å². The van der Waals surface area contributed by atoms with Crippen molar-refractivity contribution in [1.29, 1.82) is 0 Å². The molecule has 25 heavy (non-hydrogen) atoms. The first-order valence-corrected chi connectivity index (χ1v) is 8.02. The van der Waals surface area contributed by atoms with Crippen molar-refractivity contribution < 1.29 is 23.8 Å². The van der Waals surface area contributed by atoms with Gasteiger partial charge in [0.15, 0.2) is 6.61 Å². The molecule has 0 aliphatic carbocycles. The number of carbonyl (C=O) groups excluding carboxylic acids is 2. The number of ether oxygens (including phenoxy) is 1. The molecule has 0 bridgehead atoms. The summed E-state index contributed by atoms with van der Waals surface area (Å²) < 4.78 is 10.7. The van der Waals surface area contributed by atoms with Crippen LogP contribution in [0.5, 0.6) is 5.75 Å². The monoisotopic (exact) mass is 346 g/mol. The second kappa shape index (κ2) is 7.83. The molecule has 0 spiro atoms. The third kappa shape index (κ3) is 4.37. The number of carboxylic acid groups (broad SMARTS) is 1. The van der Waals surface area contributed by atoms with E-state index >= 15 is 0 Å². The number of nitrogens with one attached hydrogen (secondary N) is 1. The van der Waals surface area contributed by atoms with E-state index in [2.05, 4.69) is 5.32 Å². The second-order valence-corrected chi connectivity index (χ2v) is 5.80. The van der Waals surface area contributed by atoms with Crippen LogP contribution in [0, 0.1) is 6.92 Å². The maximum absolute atomic E-state index is 11.8. The van der Waals surface area contributed by atoms with Crippen LogP contribution in [0.15, 0.2) is 27.4 Å². The van der Waals surface area contributed by atoms with Gasteiger partial charge in [0.05, 0.1) is 12.0 Å². The van der Waals surface area contributed by atoms with Gasteiger partial charge in [-0.15, -0.1) is 0 Å². The number of carbonyl (C=O) groups is 2. The van der Waals surface area contributed by atoms with Gasteiger partial charge < -0.3 is 24.4 Å². The van der Waals surface area contributed by atoms with Crippen molar-refractivity contribution in [2.75, 3.05) is 6.61 Å². The highest BCUT2D eigenvalue weighted by molar-refractivity contribution is 5.86. The number of hydrogen-bond acceptors (Lipinski definition) is 6. The average Bonchev–Trinajstić information content (AvgIpc) is 2.55. The van der Waals surface area contributed by atoms with Crippen molar-refractivity contribution in [3.05, 3.63) is 39.7 Å². The fourth-order valence-corrected chi connectivity index (χ4v) is 2.53. The summed E-state index contributed by atoms with van der Waals surface area (Å²) in [6.45, 7) is 4.70. The number of benzene rings is 1. The van der Waals surface area contributed by atoms with E-state index in [4.69, 9.17) is 9.15 Å². The molecular weight excluding hydrogens is 326 g/mol. The van der Waals surface area contributed by atoms with Crippen molar-refractivity contribution in [2.45, 2.75) is 39.7 Å². The molecule has 0 aliphatic rings. The first-order valence-electron chi connectivity index (χ1n) is 8.02. The van der Waals surface area contributed by atoms with Crippen LogP contribution in [-0.4, -0.2) is 24.5 Å². The Kier molecular flexibility index (Phi) is 5.80. The summed E-state index contributed by atoms with van der Waals surface area (Å²) in [7, 11) is 0. The third-order valence-electron chi connectivity index (χ3n) is 3.81. The van der Waals surface area contributed by atoms with Crippen LogP contribution in [0.1, 0.15) is 31.4 Å². The summed E-state index contributed by atoms with van der Waals surface area (Å²) in [6, 6.07) is 3.86. The van der Waals surface area contributed by atoms with Crippen molar-refractivity contribution in [1.82, 2.24) is 5.32 Å². The molecule has 1 heterocycles. The van der Waals surface area contributed by atoms with E-state index < -0.39 is 23.5 Å². The summed E-state index contributed by atoms with van der Waals surface area (Å²) in [5.41, 5.74) is 1.51. The fraction of sp³-hybridized carbons (Fsp3) is 0.389. The molecule has 1 amide bonds. The van der Waals surface area contributed by atoms with E-state index in [9.17, 15) is 19.5 Å². The van der Waals surface area contributed by atoms with E-state index in [0.717, 1.165) is 23.8 Å². The Morgan fingerprint density at radius 3 is 2.72 bits per heavy atom. The molecule has 7 nitrogen and oxygen atoms in total. The molecule has 0 radical (unpaired) electrons. The van der Waals surface area contributed by atoms with Crippen LogP contribution in [0.25, 0.3) is 11.0 Å². The van der Waals surface area contributed by atoms with Crippen LogP contribution >= 0.6 is 0 Å². The fourth-order valence-electron chi connectivity index (χ4n) is 2.53. The number of fused-ring (bicyclic) bond motifs is 1. The normalized spacial score (nSPS) is 12.0. The minimum absolute atomic E-state index is 0.358. The lowest BCUT2D eigenvalue weighted by Crippen LogP contribution is -2.47. The molecule has 0 fully saturated rings. The first kappa shape index (κ1) is 18.5. The third-order valence-corrected chi connectivity index (χ3v) is 3.81. The predicted molar refractivity (Wildman–Crippen MR) is 89.3 cm³/mol. The highest BCUT2D eigenvalue weighted by Crippen LogP contribution is 2.28. The molecule has 0 unspecified atom stereocenters. The maximum atomic E-state index is 11.8. The minimum Gasteiger partial charge on any atom is -0.548 e. The second-order valence-electron chi connectivity index (χ2n) is 5.80. The van der Waals surface area contributed by atoms with E-state index in [0.29, 0.717) is 16.9 Å². The quantitative estimate of drug-likeness (QED) is 0.739. The highest BCUT2D eigenvalue weighted by atomic mass is 16.5. The topological polar surface area (TPSA) is 109 Å². The molecule has 1 N–H and O–H groups in total. The molecule has 2 rings (SSSR count). The molecule has 134 valence electrons. The summed E-state index contributed by atoms with van der Waals surface area (Å²) >= 11 is 0. The molecule has 0 saturated carbocycles. The van der Waals surface area contributed by atoms with Gasteiger partial charge in [-0.25, -0.2) is 4.79 Å². The van der Waals surface area contributed by atoms with Crippen molar-refractivity contribution in [2.24, 2.45) is 0 Å². The molecule has 0 saturated heterocycles. The Morgan fingerprint density at radius 2 is 2.08 bits per heavy atom. The molecule has 0 aliphatic heterocycles. The van der Waals surface area contributed by atoms with E-state index in [1.54, 1.807) is 19.1 Å². The lowest BCUT2D eigenvalue weighted by Gasteiger charge is -2.16. The Labute approximate surface area is 144 Å². The number of carboxylic acids is 1. The lowest BCUT2D eigenvalue weighted by atomic mass is 10.0. The number of rotatable bonds is 7. The van der Waals surface area contributed by atoms with E-state index in [1.807, 2.05) is 6.92 Å². The summed E-state index contributed by atoms with van der Waals surface area (Å²) in [5, 5.41) is 13.7. The van der Waals surface area contributed by atoms with Crippen LogP contribution in [0.3, 0.4) is 0 Å². The van der Waals surface area contributed by atoms with Gasteiger partial charge in [0, 0.05) is 17.0 Å². The molecule has 2 aromatic rings. The Morgan fingerprint density at radius 1 is 1.36 bits per heavy atom. The van der Waals surface area contributed by atoms with Gasteiger partial charge in [-0.3, -0.25) is 4.79 Å². The highest BCUT2D eigenvalue weighted by Gasteiger charge is 2.13. The molecular formula is C18H20NO6-. The van der Waals surface area contributed by atoms with Crippen LogP contribution in [0.2, 0.25) is 0 Å². The van der Waals surface area contributed by atoms with Gasteiger partial charge >= 0.3 is 5.63 Å². The number of amides is 1. The number of hydrogen-bond donors (Lipinski definition) is 1. The summed E-state index contributed by atoms with van der Waals surface area (Å²) in [4.78, 5) is 34.1. The number of aliphatic carboxylic acids is 1. The van der Waals surface area contributed by atoms with E-state index in [-0.39, 0.29) is 6.61 Å². The Balaban J connectivity index is 2.23. The average molecular weight is 346 g/mol. The smallest absolute Gasteiger partial charge is 0.336 e. The molecule has 1 aromatic carbocycles. The lowest BCUT2D eigenvalue weighted by molar-refractivity contribution is -0.307. The molecule has 7 heteroatoms. The standard InChI is InChI=1S/C18H21NO6/c1-4-5-12-8-16(21)25-17-10(2)14(7-6-13(12)17)24-9-15(20)19-11(3)18(22)23/h6-8,11H,4-5,9H2,1-3H3,(H,19,20)(H,22,23)/p-1/t11-/m0/s1. The predicted octanol–water partition coefficient (Wildman–Crippen LogP) is 0.687. The number of aryl methyl sites for hydroxylation is 2. The summed E-state index contributed by atoms with van der Waals surface area (Å²) in [5.74, 6) is -1.57. The summed E-state index contributed by atoms with van der Waals surface area (Å²) in [6.07, 6.45) is 1.65. The van der Waals surface area contributed by atoms with Crippen molar-refractivity contribution in [3.63, 3.8) is 0 Å². The van der Waals surface area contributed by atoms with Crippen LogP contribution in [0.4, 0.5) is 0 Å². The SMILES string of the molecule is CCCc1cc(=O)oc2c(C)c(OCC(=O)N[C@@H](C)C(=O)[O-])ccc12. The zero-order chi connectivity index (χ0) is 18.6. The largest absolute Gasteiger partial charge is 0.548 e. The Hall–Kier alpha value is -2.83. The zero-order valence-corrected chi connectivity index (χ0v) is 14.4. The van der Waals surface area contributed by atoms with Gasteiger partial charge in [0.2, 0.25) is 0 Å². The van der Waals surface area contributed by atoms with Gasteiger partial charge in [-0.1, -0.05) is 13.3 Å². The minimum atomic E-state index is -1.37. The van der Waals surface area contributed by atoms with Gasteiger partial charge in [-0.05, 0) is 38.0 Å². The zero-order valence-electron chi connectivity index (χ0n) is 14.4. The Bertz CT molecular complexity index is 855. The van der Waals surface area contributed by atoms with Crippen LogP contribution < -0.4 is 20.8 Å². The van der Waals surface area contributed by atoms with Crippen molar-refractivity contribution >= 4 is 22.8 Å². The molecule has 1 aromatic heterocycles. The van der Waals surface area contributed by atoms with Gasteiger partial charge in [0.1, 0.15) is 11.3 Å². The van der Waals surface area contributed by atoms with Crippen LogP contribution in [-0.2, 0) is 16.0 Å². The first-order chi connectivity index (χ1) is 11.8. The van der Waals surface area contributed by atoms with Gasteiger partial charge in [0.25, 0.3) is 5.91 Å². The maximum Gasteiger partial charge on any atom is 0.336 e. The van der Waals surface area contributed by atoms with E-state index in [1.165, 1.54) is 13.0 Å². The van der Waals surface area contributed by atoms with Gasteiger partial charge in [-0.2, -0.15) is 0 Å².